The van der Waals surface area contributed by atoms with Crippen LogP contribution in [0.2, 0.25) is 0 Å². The summed E-state index contributed by atoms with van der Waals surface area (Å²) in [6.07, 6.45) is 0. The third kappa shape index (κ3) is 3.06. The summed E-state index contributed by atoms with van der Waals surface area (Å²) in [5.41, 5.74) is 12.2. The zero-order chi connectivity index (χ0) is 27.2. The first-order valence-electron chi connectivity index (χ1n) is 14.4. The predicted molar refractivity (Wildman–Crippen MR) is 172 cm³/mol. The van der Waals surface area contributed by atoms with E-state index in [-0.39, 0.29) is 0 Å². The van der Waals surface area contributed by atoms with E-state index in [9.17, 15) is 0 Å². The summed E-state index contributed by atoms with van der Waals surface area (Å²) < 4.78 is 4.73. The third-order valence-electron chi connectivity index (χ3n) is 8.78. The molecule has 0 unspecified atom stereocenters. The predicted octanol–water partition coefficient (Wildman–Crippen LogP) is 10.1. The van der Waals surface area contributed by atoms with Crippen LogP contribution in [0.15, 0.2) is 121 Å². The highest BCUT2D eigenvalue weighted by Crippen LogP contribution is 2.44. The summed E-state index contributed by atoms with van der Waals surface area (Å²) in [7, 11) is 0. The van der Waals surface area contributed by atoms with E-state index in [0.29, 0.717) is 5.92 Å². The summed E-state index contributed by atoms with van der Waals surface area (Å²) in [5.74, 6) is 1.35. The van der Waals surface area contributed by atoms with Crippen molar-refractivity contribution in [3.05, 3.63) is 127 Å². The van der Waals surface area contributed by atoms with Crippen LogP contribution in [0.25, 0.3) is 77.2 Å². The highest BCUT2D eigenvalue weighted by molar-refractivity contribution is 6.20. The molecule has 0 N–H and O–H groups in total. The number of rotatable bonds is 3. The van der Waals surface area contributed by atoms with Crippen molar-refractivity contribution < 1.29 is 0 Å². The molecule has 3 heterocycles. The van der Waals surface area contributed by atoms with E-state index in [1.807, 2.05) is 0 Å². The van der Waals surface area contributed by atoms with Gasteiger partial charge in [-0.2, -0.15) is 0 Å². The van der Waals surface area contributed by atoms with Crippen LogP contribution in [0, 0.1) is 0 Å². The molecule has 0 atom stereocenters. The molecule has 0 aliphatic carbocycles. The van der Waals surface area contributed by atoms with Gasteiger partial charge in [-0.05, 0) is 80.9 Å². The number of aromatic nitrogens is 3. The molecule has 194 valence electrons. The first-order valence-corrected chi connectivity index (χ1v) is 14.4. The van der Waals surface area contributed by atoms with Crippen molar-refractivity contribution >= 4 is 54.9 Å². The first-order chi connectivity index (χ1) is 20.2. The molecule has 3 aromatic heterocycles. The van der Waals surface area contributed by atoms with Crippen LogP contribution in [0.3, 0.4) is 0 Å². The summed E-state index contributed by atoms with van der Waals surface area (Å²) in [6, 6.07) is 44.2. The molecular formula is C38H27N3. The van der Waals surface area contributed by atoms with Crippen LogP contribution in [0.1, 0.15) is 25.3 Å². The maximum atomic E-state index is 5.17. The zero-order valence-electron chi connectivity index (χ0n) is 23.0. The van der Waals surface area contributed by atoms with Crippen molar-refractivity contribution in [1.29, 1.82) is 0 Å². The number of benzene rings is 6. The monoisotopic (exact) mass is 525 g/mol. The van der Waals surface area contributed by atoms with Crippen molar-refractivity contribution in [2.24, 2.45) is 0 Å². The van der Waals surface area contributed by atoms with Crippen molar-refractivity contribution in [2.45, 2.75) is 19.8 Å². The first kappa shape index (κ1) is 22.6. The molecule has 0 aliphatic rings. The smallest absolute Gasteiger partial charge is 0.220 e. The Morgan fingerprint density at radius 3 is 2.15 bits per heavy atom. The summed E-state index contributed by atoms with van der Waals surface area (Å²) >= 11 is 0. The lowest BCUT2D eigenvalue weighted by Crippen LogP contribution is -1.96. The van der Waals surface area contributed by atoms with Crippen LogP contribution < -0.4 is 0 Å². The Kier molecular flexibility index (Phi) is 4.52. The fourth-order valence-electron chi connectivity index (χ4n) is 6.96. The van der Waals surface area contributed by atoms with Crippen LogP contribution in [-0.2, 0) is 0 Å². The molecule has 0 saturated heterocycles. The third-order valence-corrected chi connectivity index (χ3v) is 8.78. The Morgan fingerprint density at radius 2 is 1.32 bits per heavy atom. The van der Waals surface area contributed by atoms with Gasteiger partial charge >= 0.3 is 0 Å². The van der Waals surface area contributed by atoms with Gasteiger partial charge < -0.3 is 0 Å². The van der Waals surface area contributed by atoms with Gasteiger partial charge in [-0.25, -0.2) is 4.98 Å². The maximum absolute atomic E-state index is 5.17. The number of imidazole rings is 2. The van der Waals surface area contributed by atoms with Crippen molar-refractivity contribution in [2.75, 3.05) is 0 Å². The van der Waals surface area contributed by atoms with Gasteiger partial charge in [-0.1, -0.05) is 98.8 Å². The fourth-order valence-corrected chi connectivity index (χ4v) is 6.96. The lowest BCUT2D eigenvalue weighted by molar-refractivity contribution is 0.869. The quantitative estimate of drug-likeness (QED) is 0.225. The second-order valence-electron chi connectivity index (χ2n) is 11.5. The number of hydrogen-bond donors (Lipinski definition) is 0. The van der Waals surface area contributed by atoms with E-state index in [2.05, 4.69) is 144 Å². The molecule has 0 aliphatic heterocycles. The molecule has 0 radical (unpaired) electrons. The summed E-state index contributed by atoms with van der Waals surface area (Å²) in [5, 5.41) is 5.04. The summed E-state index contributed by atoms with van der Waals surface area (Å²) in [4.78, 5) is 5.17. The Balaban J connectivity index is 1.51. The second kappa shape index (κ2) is 8.18. The average molecular weight is 526 g/mol. The van der Waals surface area contributed by atoms with E-state index in [1.54, 1.807) is 0 Å². The van der Waals surface area contributed by atoms with Crippen LogP contribution in [0.5, 0.6) is 0 Å². The minimum atomic E-state index is 0.382. The number of fused-ring (bicyclic) bond motifs is 9. The van der Waals surface area contributed by atoms with Crippen molar-refractivity contribution in [3.8, 4) is 22.3 Å². The van der Waals surface area contributed by atoms with Gasteiger partial charge in [0, 0.05) is 10.8 Å². The van der Waals surface area contributed by atoms with Gasteiger partial charge in [0.05, 0.1) is 27.6 Å². The van der Waals surface area contributed by atoms with E-state index < -0.39 is 0 Å². The van der Waals surface area contributed by atoms with Gasteiger partial charge in [0.1, 0.15) is 0 Å². The zero-order valence-corrected chi connectivity index (χ0v) is 23.0. The van der Waals surface area contributed by atoms with Gasteiger partial charge in [-0.3, -0.25) is 8.80 Å². The molecule has 3 nitrogen and oxygen atoms in total. The molecule has 3 heteroatoms. The van der Waals surface area contributed by atoms with Crippen molar-refractivity contribution in [1.82, 2.24) is 13.8 Å². The van der Waals surface area contributed by atoms with Gasteiger partial charge in [-0.15, -0.1) is 0 Å². The molecule has 9 rings (SSSR count). The molecule has 0 fully saturated rings. The second-order valence-corrected chi connectivity index (χ2v) is 11.5. The molecule has 9 aromatic rings. The number of nitrogens with zero attached hydrogens (tertiary/aromatic N) is 3. The molecule has 0 spiro atoms. The molecule has 0 bridgehead atoms. The molecule has 0 amide bonds. The topological polar surface area (TPSA) is 21.7 Å². The molecule has 0 saturated carbocycles. The van der Waals surface area contributed by atoms with E-state index in [1.165, 1.54) is 65.9 Å². The highest BCUT2D eigenvalue weighted by atomic mass is 15.2. The number of hydrogen-bond acceptors (Lipinski definition) is 1. The SMILES string of the molecule is CC(C)c1cccc(-c2ccccc2)c1-c1cc2c3cc4ccccc4cc3n3c2c(c1)n1c2ccccc2nc13. The maximum Gasteiger partial charge on any atom is 0.220 e. The van der Waals surface area contributed by atoms with Crippen LogP contribution in [0.4, 0.5) is 0 Å². The number of para-hydroxylation sites is 2. The van der Waals surface area contributed by atoms with E-state index >= 15 is 0 Å². The largest absolute Gasteiger partial charge is 0.277 e. The van der Waals surface area contributed by atoms with Gasteiger partial charge in [0.15, 0.2) is 0 Å². The Morgan fingerprint density at radius 1 is 0.561 bits per heavy atom. The Labute approximate surface area is 237 Å². The van der Waals surface area contributed by atoms with Crippen LogP contribution in [-0.4, -0.2) is 13.8 Å². The lowest BCUT2D eigenvalue weighted by atomic mass is 9.86. The minimum Gasteiger partial charge on any atom is -0.277 e. The van der Waals surface area contributed by atoms with Crippen LogP contribution >= 0.6 is 0 Å². The minimum absolute atomic E-state index is 0.382. The molecule has 6 aromatic carbocycles. The highest BCUT2D eigenvalue weighted by Gasteiger charge is 2.24. The van der Waals surface area contributed by atoms with Gasteiger partial charge in [0.25, 0.3) is 0 Å². The average Bonchev–Trinajstić information content (AvgIpc) is 3.65. The lowest BCUT2D eigenvalue weighted by Gasteiger charge is -2.18. The fraction of sp³-hybridized carbons (Fsp3) is 0.0789. The van der Waals surface area contributed by atoms with Crippen molar-refractivity contribution in [3.63, 3.8) is 0 Å². The molecular weight excluding hydrogens is 498 g/mol. The van der Waals surface area contributed by atoms with E-state index in [0.717, 1.165) is 16.8 Å². The Bertz CT molecular complexity index is 2440. The molecule has 41 heavy (non-hydrogen) atoms. The Hall–Kier alpha value is -5.15. The summed E-state index contributed by atoms with van der Waals surface area (Å²) in [6.45, 7) is 4.59. The van der Waals surface area contributed by atoms with E-state index in [4.69, 9.17) is 4.98 Å². The standard InChI is InChI=1S/C38H27N3/c1-23(2)28-15-10-16-29(24-11-4-3-5-12-24)36(28)27-20-31-30-19-25-13-6-7-14-26(25)21-34(30)41-37(31)35(22-27)40-33-18-9-8-17-32(33)39-38(40)41/h3-23H,1-2H3. The normalized spacial score (nSPS) is 12.4. The van der Waals surface area contributed by atoms with Gasteiger partial charge in [0.2, 0.25) is 5.78 Å².